The quantitative estimate of drug-likeness (QED) is 0.548. The molecule has 6 heteroatoms. The monoisotopic (exact) mass is 407 g/mol. The summed E-state index contributed by atoms with van der Waals surface area (Å²) >= 11 is 1.31. The zero-order valence-electron chi connectivity index (χ0n) is 17.1. The number of carbonyl (C=O) groups excluding carboxylic acids is 1. The Morgan fingerprint density at radius 2 is 1.76 bits per heavy atom. The van der Waals surface area contributed by atoms with E-state index in [-0.39, 0.29) is 17.7 Å². The van der Waals surface area contributed by atoms with Gasteiger partial charge in [0.25, 0.3) is 5.88 Å². The van der Waals surface area contributed by atoms with Crippen molar-refractivity contribution in [3.05, 3.63) is 77.1 Å². The van der Waals surface area contributed by atoms with Crippen LogP contribution >= 0.6 is 11.8 Å². The van der Waals surface area contributed by atoms with Crippen molar-refractivity contribution < 1.29 is 9.53 Å². The minimum atomic E-state index is -0.0625. The summed E-state index contributed by atoms with van der Waals surface area (Å²) in [4.78, 5) is 21.0. The molecule has 0 aliphatic heterocycles. The first-order valence-electron chi connectivity index (χ1n) is 9.47. The average Bonchev–Trinajstić information content (AvgIpc) is 2.71. The van der Waals surface area contributed by atoms with Gasteiger partial charge in [-0.25, -0.2) is 9.97 Å². The number of nitrogens with zero attached hydrogens (tertiary/aromatic N) is 2. The van der Waals surface area contributed by atoms with Gasteiger partial charge in [-0.1, -0.05) is 47.7 Å². The Morgan fingerprint density at radius 3 is 2.48 bits per heavy atom. The van der Waals surface area contributed by atoms with Crippen molar-refractivity contribution in [2.24, 2.45) is 0 Å². The van der Waals surface area contributed by atoms with Gasteiger partial charge in [0.15, 0.2) is 5.03 Å². The molecule has 1 N–H and O–H groups in total. The van der Waals surface area contributed by atoms with Crippen molar-refractivity contribution in [2.75, 3.05) is 5.75 Å². The molecule has 0 radical (unpaired) electrons. The van der Waals surface area contributed by atoms with Crippen LogP contribution in [0.5, 0.6) is 11.6 Å². The van der Waals surface area contributed by atoms with Gasteiger partial charge in [-0.05, 0) is 56.5 Å². The summed E-state index contributed by atoms with van der Waals surface area (Å²) < 4.78 is 5.85. The van der Waals surface area contributed by atoms with E-state index in [0.717, 1.165) is 11.1 Å². The summed E-state index contributed by atoms with van der Waals surface area (Å²) in [6.45, 7) is 8.16. The number of nitrogens with one attached hydrogen (secondary N) is 1. The van der Waals surface area contributed by atoms with Crippen LogP contribution in [0.15, 0.2) is 59.9 Å². The summed E-state index contributed by atoms with van der Waals surface area (Å²) in [6, 6.07) is 13.9. The van der Waals surface area contributed by atoms with Gasteiger partial charge in [0.2, 0.25) is 5.91 Å². The molecule has 3 aromatic rings. The van der Waals surface area contributed by atoms with Crippen molar-refractivity contribution in [1.29, 1.82) is 0 Å². The van der Waals surface area contributed by atoms with E-state index in [4.69, 9.17) is 4.74 Å². The van der Waals surface area contributed by atoms with Gasteiger partial charge in [-0.2, -0.15) is 0 Å². The second-order valence-electron chi connectivity index (χ2n) is 7.00. The molecule has 1 atom stereocenters. The Hall–Kier alpha value is -2.86. The van der Waals surface area contributed by atoms with E-state index in [1.54, 1.807) is 12.4 Å². The fourth-order valence-electron chi connectivity index (χ4n) is 2.73. The minimum Gasteiger partial charge on any atom is -0.437 e. The third-order valence-corrected chi connectivity index (χ3v) is 5.58. The van der Waals surface area contributed by atoms with E-state index < -0.39 is 0 Å². The molecule has 1 heterocycles. The van der Waals surface area contributed by atoms with Gasteiger partial charge in [0, 0.05) is 12.4 Å². The standard InChI is InChI=1S/C23H25N3O2S/c1-15-5-9-20(10-6-15)28-22-23(25-12-11-24-22)29-14-21(27)26-18(4)19-8-7-16(2)17(3)13-19/h5-13,18H,14H2,1-4H3,(H,26,27). The van der Waals surface area contributed by atoms with Gasteiger partial charge in [0.05, 0.1) is 11.8 Å². The lowest BCUT2D eigenvalue weighted by Crippen LogP contribution is -2.28. The molecule has 2 aromatic carbocycles. The highest BCUT2D eigenvalue weighted by atomic mass is 32.2. The Morgan fingerprint density at radius 1 is 1.03 bits per heavy atom. The fraction of sp³-hybridized carbons (Fsp3) is 0.261. The summed E-state index contributed by atoms with van der Waals surface area (Å²) in [7, 11) is 0. The number of rotatable bonds is 7. The molecule has 3 rings (SSSR count). The molecule has 5 nitrogen and oxygen atoms in total. The fourth-order valence-corrected chi connectivity index (χ4v) is 3.44. The smallest absolute Gasteiger partial charge is 0.252 e. The number of hydrogen-bond acceptors (Lipinski definition) is 5. The molecule has 0 bridgehead atoms. The van der Waals surface area contributed by atoms with Crippen LogP contribution in [0, 0.1) is 20.8 Å². The highest BCUT2D eigenvalue weighted by Crippen LogP contribution is 2.29. The lowest BCUT2D eigenvalue weighted by molar-refractivity contribution is -0.119. The minimum absolute atomic E-state index is 0.0623. The highest BCUT2D eigenvalue weighted by molar-refractivity contribution is 8.00. The summed E-state index contributed by atoms with van der Waals surface area (Å²) in [5, 5.41) is 3.62. The first-order chi connectivity index (χ1) is 13.9. The molecule has 29 heavy (non-hydrogen) atoms. The number of aromatic nitrogens is 2. The Labute approximate surface area is 175 Å². The SMILES string of the molecule is Cc1ccc(Oc2nccnc2SCC(=O)NC(C)c2ccc(C)c(C)c2)cc1. The highest BCUT2D eigenvalue weighted by Gasteiger charge is 2.14. The Bertz CT molecular complexity index is 990. The van der Waals surface area contributed by atoms with Gasteiger partial charge < -0.3 is 10.1 Å². The molecule has 150 valence electrons. The van der Waals surface area contributed by atoms with E-state index in [2.05, 4.69) is 47.3 Å². The molecule has 0 fully saturated rings. The maximum atomic E-state index is 12.4. The normalized spacial score (nSPS) is 11.7. The molecule has 0 saturated carbocycles. The zero-order valence-corrected chi connectivity index (χ0v) is 17.9. The largest absolute Gasteiger partial charge is 0.437 e. The molecule has 1 amide bonds. The van der Waals surface area contributed by atoms with Gasteiger partial charge in [0.1, 0.15) is 5.75 Å². The predicted octanol–water partition coefficient (Wildman–Crippen LogP) is 5.16. The number of hydrogen-bond donors (Lipinski definition) is 1. The number of amides is 1. The lowest BCUT2D eigenvalue weighted by Gasteiger charge is -2.16. The predicted molar refractivity (Wildman–Crippen MR) is 116 cm³/mol. The molecular weight excluding hydrogens is 382 g/mol. The molecule has 0 aliphatic carbocycles. The number of aryl methyl sites for hydroxylation is 3. The third-order valence-electron chi connectivity index (χ3n) is 4.62. The number of benzene rings is 2. The second kappa shape index (κ2) is 9.56. The average molecular weight is 408 g/mol. The maximum Gasteiger partial charge on any atom is 0.252 e. The number of carbonyl (C=O) groups is 1. The van der Waals surface area contributed by atoms with Crippen LogP contribution in [0.3, 0.4) is 0 Å². The van der Waals surface area contributed by atoms with Crippen LogP contribution in [0.2, 0.25) is 0 Å². The van der Waals surface area contributed by atoms with Crippen molar-refractivity contribution in [3.8, 4) is 11.6 Å². The van der Waals surface area contributed by atoms with Crippen molar-refractivity contribution >= 4 is 17.7 Å². The molecule has 0 saturated heterocycles. The van der Waals surface area contributed by atoms with Crippen molar-refractivity contribution in [1.82, 2.24) is 15.3 Å². The summed E-state index contributed by atoms with van der Waals surface area (Å²) in [5.74, 6) is 1.26. The number of thioether (sulfide) groups is 1. The third kappa shape index (κ3) is 5.81. The van der Waals surface area contributed by atoms with E-state index in [0.29, 0.717) is 16.7 Å². The van der Waals surface area contributed by atoms with E-state index in [9.17, 15) is 4.79 Å². The van der Waals surface area contributed by atoms with Crippen molar-refractivity contribution in [2.45, 2.75) is 38.8 Å². The molecule has 1 unspecified atom stereocenters. The summed E-state index contributed by atoms with van der Waals surface area (Å²) in [5.41, 5.74) is 4.71. The zero-order chi connectivity index (χ0) is 20.8. The van der Waals surface area contributed by atoms with Crippen LogP contribution in [0.1, 0.15) is 35.2 Å². The molecule has 0 spiro atoms. The van der Waals surface area contributed by atoms with Gasteiger partial charge >= 0.3 is 0 Å². The Balaban J connectivity index is 1.60. The van der Waals surface area contributed by atoms with Gasteiger partial charge in [-0.15, -0.1) is 0 Å². The summed E-state index contributed by atoms with van der Waals surface area (Å²) in [6.07, 6.45) is 3.18. The molecule has 0 aliphatic rings. The lowest BCUT2D eigenvalue weighted by atomic mass is 10.0. The van der Waals surface area contributed by atoms with Crippen molar-refractivity contribution in [3.63, 3.8) is 0 Å². The van der Waals surface area contributed by atoms with Crippen LogP contribution in [0.4, 0.5) is 0 Å². The van der Waals surface area contributed by atoms with E-state index in [1.165, 1.54) is 22.9 Å². The van der Waals surface area contributed by atoms with E-state index in [1.807, 2.05) is 38.1 Å². The second-order valence-corrected chi connectivity index (χ2v) is 7.97. The number of ether oxygens (including phenoxy) is 1. The van der Waals surface area contributed by atoms with Crippen LogP contribution < -0.4 is 10.1 Å². The van der Waals surface area contributed by atoms with Crippen LogP contribution in [-0.4, -0.2) is 21.6 Å². The van der Waals surface area contributed by atoms with Crippen LogP contribution in [0.25, 0.3) is 0 Å². The Kier molecular flexibility index (Phi) is 6.88. The maximum absolute atomic E-state index is 12.4. The van der Waals surface area contributed by atoms with E-state index >= 15 is 0 Å². The van der Waals surface area contributed by atoms with Gasteiger partial charge in [-0.3, -0.25) is 4.79 Å². The first kappa shape index (κ1) is 20.9. The first-order valence-corrected chi connectivity index (χ1v) is 10.5. The topological polar surface area (TPSA) is 64.1 Å². The van der Waals surface area contributed by atoms with Crippen LogP contribution in [-0.2, 0) is 4.79 Å². The molecular formula is C23H25N3O2S. The molecule has 1 aromatic heterocycles.